The van der Waals surface area contributed by atoms with Crippen LogP contribution in [0.1, 0.15) is 5.56 Å². The van der Waals surface area contributed by atoms with Gasteiger partial charge in [0, 0.05) is 24.1 Å². The molecule has 0 saturated carbocycles. The second kappa shape index (κ2) is 4.49. The molecule has 2 rings (SSSR count). The monoisotopic (exact) mass is 235 g/mol. The van der Waals surface area contributed by atoms with Crippen LogP contribution in [0.5, 0.6) is 5.75 Å². The highest BCUT2D eigenvalue weighted by atomic mass is 32.1. The predicted molar refractivity (Wildman–Crippen MR) is 66.2 cm³/mol. The minimum Gasteiger partial charge on any atom is -0.496 e. The number of hydrogen-bond acceptors (Lipinski definition) is 5. The van der Waals surface area contributed by atoms with Crippen molar-refractivity contribution in [1.29, 1.82) is 0 Å². The van der Waals surface area contributed by atoms with Gasteiger partial charge in [-0.2, -0.15) is 9.36 Å². The number of anilines is 1. The van der Waals surface area contributed by atoms with Gasteiger partial charge in [0.1, 0.15) is 5.75 Å². The third-order valence-electron chi connectivity index (χ3n) is 2.29. The minimum absolute atomic E-state index is 0.750. The van der Waals surface area contributed by atoms with Crippen molar-refractivity contribution >= 4 is 16.7 Å². The van der Waals surface area contributed by atoms with Crippen molar-refractivity contribution < 1.29 is 4.74 Å². The number of hydrogen-bond donors (Lipinski definition) is 1. The number of methoxy groups -OCH3 is 1. The Morgan fingerprint density at radius 1 is 1.38 bits per heavy atom. The standard InChI is InChI=1S/C11H13N3OS/c1-7-6-8(4-5-9(7)15-3)10-13-11(12-2)16-14-10/h4-6H,1-3H3,(H,12,13,14). The van der Waals surface area contributed by atoms with Gasteiger partial charge in [0.25, 0.3) is 0 Å². The molecule has 5 heteroatoms. The number of aryl methyl sites for hydroxylation is 1. The van der Waals surface area contributed by atoms with E-state index < -0.39 is 0 Å². The van der Waals surface area contributed by atoms with Gasteiger partial charge >= 0.3 is 0 Å². The van der Waals surface area contributed by atoms with Gasteiger partial charge in [-0.25, -0.2) is 0 Å². The van der Waals surface area contributed by atoms with E-state index in [4.69, 9.17) is 4.74 Å². The first-order valence-corrected chi connectivity index (χ1v) is 5.68. The Morgan fingerprint density at radius 3 is 2.75 bits per heavy atom. The Morgan fingerprint density at radius 2 is 2.19 bits per heavy atom. The quantitative estimate of drug-likeness (QED) is 0.888. The summed E-state index contributed by atoms with van der Waals surface area (Å²) < 4.78 is 9.49. The van der Waals surface area contributed by atoms with Crippen LogP contribution in [0.15, 0.2) is 18.2 Å². The van der Waals surface area contributed by atoms with Gasteiger partial charge in [-0.05, 0) is 30.7 Å². The average molecular weight is 235 g/mol. The second-order valence-electron chi connectivity index (χ2n) is 3.36. The third-order valence-corrected chi connectivity index (χ3v) is 3.03. The number of rotatable bonds is 3. The van der Waals surface area contributed by atoms with Crippen LogP contribution in [0.4, 0.5) is 5.13 Å². The topological polar surface area (TPSA) is 47.0 Å². The average Bonchev–Trinajstić information content (AvgIpc) is 2.77. The lowest BCUT2D eigenvalue weighted by Crippen LogP contribution is -1.89. The molecule has 0 fully saturated rings. The molecule has 4 nitrogen and oxygen atoms in total. The summed E-state index contributed by atoms with van der Waals surface area (Å²) in [6.45, 7) is 2.01. The zero-order valence-corrected chi connectivity index (χ0v) is 10.3. The van der Waals surface area contributed by atoms with E-state index in [0.717, 1.165) is 27.8 Å². The summed E-state index contributed by atoms with van der Waals surface area (Å²) in [6, 6.07) is 5.93. The molecule has 1 N–H and O–H groups in total. The first kappa shape index (κ1) is 10.9. The van der Waals surface area contributed by atoms with Crippen molar-refractivity contribution in [3.8, 4) is 17.1 Å². The Hall–Kier alpha value is -1.62. The zero-order chi connectivity index (χ0) is 11.5. The predicted octanol–water partition coefficient (Wildman–Crippen LogP) is 2.56. The number of nitrogens with zero attached hydrogens (tertiary/aromatic N) is 2. The molecule has 2 aromatic rings. The van der Waals surface area contributed by atoms with Crippen molar-refractivity contribution in [2.45, 2.75) is 6.92 Å². The van der Waals surface area contributed by atoms with E-state index >= 15 is 0 Å². The van der Waals surface area contributed by atoms with Crippen molar-refractivity contribution in [3.05, 3.63) is 23.8 Å². The summed E-state index contributed by atoms with van der Waals surface area (Å²) in [5, 5.41) is 3.80. The van der Waals surface area contributed by atoms with E-state index in [1.54, 1.807) is 7.11 Å². The summed E-state index contributed by atoms with van der Waals surface area (Å²) in [7, 11) is 3.51. The lowest BCUT2D eigenvalue weighted by Gasteiger charge is -2.04. The van der Waals surface area contributed by atoms with Gasteiger partial charge in [-0.3, -0.25) is 0 Å². The largest absolute Gasteiger partial charge is 0.496 e. The maximum absolute atomic E-state index is 5.21. The molecule has 0 amide bonds. The van der Waals surface area contributed by atoms with E-state index in [0.29, 0.717) is 0 Å². The van der Waals surface area contributed by atoms with Gasteiger partial charge in [0.15, 0.2) is 5.82 Å². The molecule has 16 heavy (non-hydrogen) atoms. The molecule has 1 heterocycles. The molecule has 0 aliphatic carbocycles. The number of nitrogens with one attached hydrogen (secondary N) is 1. The van der Waals surface area contributed by atoms with E-state index in [1.807, 2.05) is 32.2 Å². The lowest BCUT2D eigenvalue weighted by atomic mass is 10.1. The molecule has 0 spiro atoms. The van der Waals surface area contributed by atoms with Crippen LogP contribution in [0, 0.1) is 6.92 Å². The summed E-state index contributed by atoms with van der Waals surface area (Å²) in [5.41, 5.74) is 2.09. The fourth-order valence-electron chi connectivity index (χ4n) is 1.46. The van der Waals surface area contributed by atoms with Gasteiger partial charge in [-0.1, -0.05) is 0 Å². The van der Waals surface area contributed by atoms with Crippen LogP contribution in [-0.4, -0.2) is 23.5 Å². The van der Waals surface area contributed by atoms with Crippen molar-refractivity contribution in [3.63, 3.8) is 0 Å². The van der Waals surface area contributed by atoms with Crippen molar-refractivity contribution in [1.82, 2.24) is 9.36 Å². The molecule has 84 valence electrons. The van der Waals surface area contributed by atoms with Crippen LogP contribution in [0.25, 0.3) is 11.4 Å². The molecular formula is C11H13N3OS. The normalized spacial score (nSPS) is 10.2. The third kappa shape index (κ3) is 1.99. The molecule has 0 atom stereocenters. The van der Waals surface area contributed by atoms with Gasteiger partial charge in [0.05, 0.1) is 7.11 Å². The van der Waals surface area contributed by atoms with Crippen molar-refractivity contribution in [2.75, 3.05) is 19.5 Å². The molecule has 0 saturated heterocycles. The van der Waals surface area contributed by atoms with E-state index in [-0.39, 0.29) is 0 Å². The van der Waals surface area contributed by atoms with Gasteiger partial charge in [-0.15, -0.1) is 0 Å². The fraction of sp³-hybridized carbons (Fsp3) is 0.273. The van der Waals surface area contributed by atoms with Crippen molar-refractivity contribution in [2.24, 2.45) is 0 Å². The Balaban J connectivity index is 2.37. The Bertz CT molecular complexity index is 496. The maximum atomic E-state index is 5.21. The molecule has 0 radical (unpaired) electrons. The highest BCUT2D eigenvalue weighted by molar-refractivity contribution is 7.09. The van der Waals surface area contributed by atoms with Crippen LogP contribution in [0.2, 0.25) is 0 Å². The van der Waals surface area contributed by atoms with Crippen LogP contribution >= 0.6 is 11.5 Å². The summed E-state index contributed by atoms with van der Waals surface area (Å²) in [5.74, 6) is 1.63. The number of benzene rings is 1. The highest BCUT2D eigenvalue weighted by Gasteiger charge is 2.07. The highest BCUT2D eigenvalue weighted by Crippen LogP contribution is 2.26. The van der Waals surface area contributed by atoms with Crippen LogP contribution < -0.4 is 10.1 Å². The second-order valence-corrected chi connectivity index (χ2v) is 4.11. The SMILES string of the molecule is CNc1nc(-c2ccc(OC)c(C)c2)ns1. The zero-order valence-electron chi connectivity index (χ0n) is 9.44. The van der Waals surface area contributed by atoms with E-state index in [9.17, 15) is 0 Å². The minimum atomic E-state index is 0.750. The summed E-state index contributed by atoms with van der Waals surface area (Å²) in [4.78, 5) is 4.35. The summed E-state index contributed by atoms with van der Waals surface area (Å²) in [6.07, 6.45) is 0. The smallest absolute Gasteiger partial charge is 0.202 e. The first-order chi connectivity index (χ1) is 7.74. The first-order valence-electron chi connectivity index (χ1n) is 4.91. The molecule has 0 unspecified atom stereocenters. The number of ether oxygens (including phenoxy) is 1. The van der Waals surface area contributed by atoms with Gasteiger partial charge in [0.2, 0.25) is 5.13 Å². The van der Waals surface area contributed by atoms with E-state index in [2.05, 4.69) is 14.7 Å². The Kier molecular flexibility index (Phi) is 3.05. The molecular weight excluding hydrogens is 222 g/mol. The molecule has 1 aromatic carbocycles. The maximum Gasteiger partial charge on any atom is 0.202 e. The van der Waals surface area contributed by atoms with Crippen LogP contribution in [-0.2, 0) is 0 Å². The Labute approximate surface area is 98.5 Å². The molecule has 0 aliphatic rings. The summed E-state index contributed by atoms with van der Waals surface area (Å²) >= 11 is 1.36. The van der Waals surface area contributed by atoms with E-state index in [1.165, 1.54) is 11.5 Å². The van der Waals surface area contributed by atoms with Gasteiger partial charge < -0.3 is 10.1 Å². The molecule has 1 aromatic heterocycles. The number of aromatic nitrogens is 2. The van der Waals surface area contributed by atoms with Crippen LogP contribution in [0.3, 0.4) is 0 Å². The molecule has 0 aliphatic heterocycles. The molecule has 0 bridgehead atoms. The fourth-order valence-corrected chi connectivity index (χ4v) is 2.00. The lowest BCUT2D eigenvalue weighted by molar-refractivity contribution is 0.412.